The van der Waals surface area contributed by atoms with E-state index in [0.29, 0.717) is 28.1 Å². The fourth-order valence-electron chi connectivity index (χ4n) is 6.39. The summed E-state index contributed by atoms with van der Waals surface area (Å²) in [6.45, 7) is 12.0. The van der Waals surface area contributed by atoms with E-state index in [1.807, 2.05) is 46.7 Å². The number of rotatable bonds is 9. The zero-order valence-electron chi connectivity index (χ0n) is 28.3. The van der Waals surface area contributed by atoms with E-state index in [1.165, 1.54) is 11.3 Å². The fraction of sp³-hybridized carbons (Fsp3) is 0.421. The summed E-state index contributed by atoms with van der Waals surface area (Å²) in [7, 11) is 3.47. The molecule has 2 aromatic heterocycles. The number of thiazole rings is 1. The summed E-state index contributed by atoms with van der Waals surface area (Å²) in [4.78, 5) is 51.2. The van der Waals surface area contributed by atoms with Crippen LogP contribution in [0.5, 0.6) is 0 Å². The van der Waals surface area contributed by atoms with Crippen LogP contribution in [0.1, 0.15) is 89.4 Å². The van der Waals surface area contributed by atoms with Gasteiger partial charge in [0.1, 0.15) is 5.01 Å². The van der Waals surface area contributed by atoms with Crippen LogP contribution >= 0.6 is 11.3 Å². The van der Waals surface area contributed by atoms with Crippen LogP contribution in [-0.2, 0) is 19.3 Å². The molecule has 2 amide bonds. The second-order valence-electron chi connectivity index (χ2n) is 12.8. The highest BCUT2D eigenvalue weighted by molar-refractivity contribution is 7.15. The summed E-state index contributed by atoms with van der Waals surface area (Å²) >= 11 is 1.47. The molecule has 5 rings (SSSR count). The van der Waals surface area contributed by atoms with Gasteiger partial charge in [0, 0.05) is 48.9 Å². The van der Waals surface area contributed by atoms with E-state index in [9.17, 15) is 14.4 Å². The molecule has 0 spiro atoms. The number of amides is 2. The minimum atomic E-state index is -0.145. The number of carbonyl (C=O) groups excluding carboxylic acids is 2. The Labute approximate surface area is 276 Å². The summed E-state index contributed by atoms with van der Waals surface area (Å²) in [5.41, 5.74) is 7.00. The molecule has 7 nitrogen and oxygen atoms in total. The molecule has 46 heavy (non-hydrogen) atoms. The summed E-state index contributed by atoms with van der Waals surface area (Å²) < 4.78 is 1.86. The zero-order valence-corrected chi connectivity index (χ0v) is 29.1. The lowest BCUT2D eigenvalue weighted by Gasteiger charge is -2.29. The van der Waals surface area contributed by atoms with Crippen LogP contribution in [0.4, 0.5) is 0 Å². The molecule has 1 fully saturated rings. The number of likely N-dealkylation sites (tertiary alicyclic amines) is 1. The van der Waals surface area contributed by atoms with Gasteiger partial charge in [0.05, 0.1) is 22.5 Å². The Morgan fingerprint density at radius 2 is 1.59 bits per heavy atom. The number of aromatic nitrogens is 2. The molecule has 2 aromatic carbocycles. The van der Waals surface area contributed by atoms with Crippen molar-refractivity contribution in [2.75, 3.05) is 27.2 Å². The fourth-order valence-corrected chi connectivity index (χ4v) is 7.34. The lowest BCUT2D eigenvalue weighted by molar-refractivity contribution is 0.0721. The maximum atomic E-state index is 14.9. The molecule has 0 unspecified atom stereocenters. The second kappa shape index (κ2) is 14.2. The van der Waals surface area contributed by atoms with Gasteiger partial charge in [-0.15, -0.1) is 11.3 Å². The highest BCUT2D eigenvalue weighted by atomic mass is 32.1. The third kappa shape index (κ3) is 6.59. The molecule has 0 aliphatic carbocycles. The Kier molecular flexibility index (Phi) is 10.3. The quantitative estimate of drug-likeness (QED) is 0.189. The van der Waals surface area contributed by atoms with Crippen LogP contribution in [0.15, 0.2) is 53.3 Å². The predicted octanol–water partition coefficient (Wildman–Crippen LogP) is 7.59. The molecule has 1 aliphatic heterocycles. The van der Waals surface area contributed by atoms with Gasteiger partial charge < -0.3 is 9.80 Å². The minimum absolute atomic E-state index is 0.00738. The van der Waals surface area contributed by atoms with Crippen LogP contribution in [0.3, 0.4) is 0 Å². The normalized spacial score (nSPS) is 13.3. The average Bonchev–Trinajstić information content (AvgIpc) is 3.45. The molecule has 1 saturated heterocycles. The van der Waals surface area contributed by atoms with Crippen LogP contribution < -0.4 is 5.56 Å². The number of aryl methyl sites for hydroxylation is 3. The smallest absolute Gasteiger partial charge is 0.265 e. The first-order valence-electron chi connectivity index (χ1n) is 16.5. The third-order valence-corrected chi connectivity index (χ3v) is 9.81. The molecule has 242 valence electrons. The Hall–Kier alpha value is -4.04. The Morgan fingerprint density at radius 3 is 2.15 bits per heavy atom. The molecule has 8 heteroatoms. The summed E-state index contributed by atoms with van der Waals surface area (Å²) in [6, 6.07) is 15.5. The van der Waals surface area contributed by atoms with E-state index in [0.717, 1.165) is 83.8 Å². The van der Waals surface area contributed by atoms with Crippen molar-refractivity contribution in [2.45, 2.75) is 73.1 Å². The first-order valence-corrected chi connectivity index (χ1v) is 17.4. The van der Waals surface area contributed by atoms with Crippen LogP contribution in [0, 0.1) is 12.8 Å². The number of nitrogens with zero attached hydrogens (tertiary/aromatic N) is 4. The summed E-state index contributed by atoms with van der Waals surface area (Å²) in [5.74, 6) is 0.167. The topological polar surface area (TPSA) is 75.5 Å². The molecule has 4 aromatic rings. The van der Waals surface area contributed by atoms with Gasteiger partial charge in [-0.2, -0.15) is 0 Å². The Morgan fingerprint density at radius 1 is 0.957 bits per heavy atom. The Balaban J connectivity index is 1.76. The number of hydrogen-bond donors (Lipinski definition) is 0. The molecule has 0 N–H and O–H groups in total. The number of pyridine rings is 1. The van der Waals surface area contributed by atoms with Crippen LogP contribution in [-0.4, -0.2) is 58.4 Å². The first-order chi connectivity index (χ1) is 22.0. The van der Waals surface area contributed by atoms with Crippen LogP contribution in [0.2, 0.25) is 0 Å². The van der Waals surface area contributed by atoms with Gasteiger partial charge in [0.15, 0.2) is 0 Å². The van der Waals surface area contributed by atoms with Crippen molar-refractivity contribution in [3.05, 3.63) is 91.7 Å². The minimum Gasteiger partial charge on any atom is -0.345 e. The van der Waals surface area contributed by atoms with E-state index in [4.69, 9.17) is 4.98 Å². The van der Waals surface area contributed by atoms with Crippen molar-refractivity contribution in [3.8, 4) is 27.5 Å². The summed E-state index contributed by atoms with van der Waals surface area (Å²) in [6.07, 6.45) is 5.25. The number of carbonyl (C=O) groups is 2. The van der Waals surface area contributed by atoms with Crippen molar-refractivity contribution in [1.82, 2.24) is 19.4 Å². The maximum Gasteiger partial charge on any atom is 0.265 e. The van der Waals surface area contributed by atoms with Crippen molar-refractivity contribution in [2.24, 2.45) is 5.92 Å². The number of hydrogen-bond acceptors (Lipinski definition) is 5. The summed E-state index contributed by atoms with van der Waals surface area (Å²) in [5, 5.41) is 0.593. The monoisotopic (exact) mass is 638 g/mol. The van der Waals surface area contributed by atoms with Gasteiger partial charge >= 0.3 is 0 Å². The van der Waals surface area contributed by atoms with Crippen molar-refractivity contribution in [1.29, 1.82) is 0 Å². The van der Waals surface area contributed by atoms with E-state index in [-0.39, 0.29) is 23.3 Å². The van der Waals surface area contributed by atoms with E-state index >= 15 is 0 Å². The molecule has 0 bridgehead atoms. The van der Waals surface area contributed by atoms with Gasteiger partial charge in [-0.05, 0) is 80.7 Å². The lowest BCUT2D eigenvalue weighted by atomic mass is 9.96. The molecule has 0 atom stereocenters. The number of piperidine rings is 1. The molecule has 0 saturated carbocycles. The molecule has 1 aliphatic rings. The van der Waals surface area contributed by atoms with Gasteiger partial charge in [0.2, 0.25) is 0 Å². The van der Waals surface area contributed by atoms with Gasteiger partial charge in [-0.3, -0.25) is 19.0 Å². The number of para-hydroxylation sites is 1. The second-order valence-corrected chi connectivity index (χ2v) is 14.0. The van der Waals surface area contributed by atoms with Gasteiger partial charge in [-0.25, -0.2) is 4.98 Å². The molecular formula is C38H46N4O3S. The van der Waals surface area contributed by atoms with E-state index < -0.39 is 0 Å². The zero-order chi connectivity index (χ0) is 33.1. The van der Waals surface area contributed by atoms with Crippen molar-refractivity contribution >= 4 is 23.2 Å². The largest absolute Gasteiger partial charge is 0.345 e. The molecule has 3 heterocycles. The van der Waals surface area contributed by atoms with Gasteiger partial charge in [0.25, 0.3) is 17.4 Å². The van der Waals surface area contributed by atoms with E-state index in [1.54, 1.807) is 19.0 Å². The first kappa shape index (κ1) is 33.3. The van der Waals surface area contributed by atoms with Gasteiger partial charge in [-0.1, -0.05) is 58.0 Å². The molecular weight excluding hydrogens is 593 g/mol. The Bertz CT molecular complexity index is 1770. The van der Waals surface area contributed by atoms with Crippen molar-refractivity contribution < 1.29 is 9.59 Å². The maximum absolute atomic E-state index is 14.9. The van der Waals surface area contributed by atoms with Crippen molar-refractivity contribution in [3.63, 3.8) is 0 Å². The average molecular weight is 639 g/mol. The SMILES string of the molecule is CCc1cccc(CC)c1-n1c(CC(C)C)c(C(=O)N2CCCCC2)cc(-c2nc(-c3ccc(C(=O)N(C)C)cc3)c(C)s2)c1=O. The third-order valence-electron chi connectivity index (χ3n) is 8.81. The van der Waals surface area contributed by atoms with E-state index in [2.05, 4.69) is 45.9 Å². The lowest BCUT2D eigenvalue weighted by Crippen LogP contribution is -2.38. The highest BCUT2D eigenvalue weighted by Crippen LogP contribution is 2.35. The number of benzene rings is 2. The van der Waals surface area contributed by atoms with Crippen LogP contribution in [0.25, 0.3) is 27.5 Å². The predicted molar refractivity (Wildman–Crippen MR) is 188 cm³/mol. The molecule has 0 radical (unpaired) electrons. The highest BCUT2D eigenvalue weighted by Gasteiger charge is 2.29. The standard InChI is InChI=1S/C38H46N4O3S/c1-8-26-14-13-15-27(9-2)34(26)42-32(22-24(3)4)30(37(44)41-20-11-10-12-21-41)23-31(38(42)45)35-39-33(25(5)46-35)28-16-18-29(19-17-28)36(43)40(6)7/h13-19,23-24H,8-12,20-22H2,1-7H3.